The third-order valence-electron chi connectivity index (χ3n) is 5.94. The van der Waals surface area contributed by atoms with Crippen LogP contribution < -0.4 is 0 Å². The second-order valence-corrected chi connectivity index (χ2v) is 9.48. The molecule has 0 aliphatic carbocycles. The van der Waals surface area contributed by atoms with Gasteiger partial charge >= 0.3 is 0 Å². The summed E-state index contributed by atoms with van der Waals surface area (Å²) in [6, 6.07) is 3.40. The molecule has 0 bridgehead atoms. The van der Waals surface area contributed by atoms with Crippen LogP contribution in [0.5, 0.6) is 0 Å². The Morgan fingerprint density at radius 2 is 1.22 bits per heavy atom. The van der Waals surface area contributed by atoms with Gasteiger partial charge in [0.05, 0.1) is 11.1 Å². The van der Waals surface area contributed by atoms with Gasteiger partial charge in [0.15, 0.2) is 0 Å². The van der Waals surface area contributed by atoms with Crippen LogP contribution >= 0.6 is 0 Å². The predicted octanol–water partition coefficient (Wildman–Crippen LogP) is 4.69. The first kappa shape index (κ1) is 21.9. The van der Waals surface area contributed by atoms with Crippen LogP contribution in [0.2, 0.25) is 0 Å². The van der Waals surface area contributed by atoms with Crippen LogP contribution in [0.3, 0.4) is 0 Å². The van der Waals surface area contributed by atoms with Gasteiger partial charge in [-0.15, -0.1) is 0 Å². The average Bonchev–Trinajstić information content (AvgIpc) is 2.71. The Morgan fingerprint density at radius 3 is 1.72 bits per heavy atom. The van der Waals surface area contributed by atoms with Crippen molar-refractivity contribution >= 4 is 40.5 Å². The highest BCUT2D eigenvalue weighted by atomic mass is 16.2. The zero-order valence-corrected chi connectivity index (χ0v) is 19.4. The highest BCUT2D eigenvalue weighted by molar-refractivity contribution is 6.34. The first-order chi connectivity index (χ1) is 15.1. The molecule has 0 spiro atoms. The van der Waals surface area contributed by atoms with E-state index in [0.29, 0.717) is 57.2 Å². The number of allylic oxidation sites excluding steroid dienone is 1. The lowest BCUT2D eigenvalue weighted by Crippen LogP contribution is -2.45. The fraction of sp³-hybridized carbons (Fsp3) is 0.385. The van der Waals surface area contributed by atoms with Gasteiger partial charge in [-0.3, -0.25) is 29.0 Å². The number of nitrogens with zero attached hydrogens (tertiary/aromatic N) is 2. The van der Waals surface area contributed by atoms with E-state index in [2.05, 4.69) is 0 Å². The fourth-order valence-corrected chi connectivity index (χ4v) is 4.75. The van der Waals surface area contributed by atoms with Crippen molar-refractivity contribution in [3.63, 3.8) is 0 Å². The molecular formula is C26H28N2O4. The summed E-state index contributed by atoms with van der Waals surface area (Å²) in [6.45, 7) is 12.0. The molecule has 2 aromatic carbocycles. The average molecular weight is 433 g/mol. The molecule has 2 aromatic rings. The standard InChI is InChI=1S/C26H28N2O4/c1-7-8-16-10-18-21-19(25(31)27(24(18)30)11-13(2)3)15(6)9-17-22(21)20(16)26(32)28(23(17)29)12-14(4)5/h7-10,13-14H,11-12H2,1-6H3/b8-7+. The van der Waals surface area contributed by atoms with Crippen molar-refractivity contribution in [2.24, 2.45) is 11.8 Å². The molecule has 6 heteroatoms. The number of imide groups is 2. The number of hydrogen-bond donors (Lipinski definition) is 0. The highest BCUT2D eigenvalue weighted by Crippen LogP contribution is 2.41. The summed E-state index contributed by atoms with van der Waals surface area (Å²) in [4.78, 5) is 56.3. The molecule has 0 saturated heterocycles. The summed E-state index contributed by atoms with van der Waals surface area (Å²) in [5.41, 5.74) is 2.76. The van der Waals surface area contributed by atoms with Gasteiger partial charge in [-0.05, 0) is 48.9 Å². The van der Waals surface area contributed by atoms with E-state index in [0.717, 1.165) is 0 Å². The molecule has 0 aromatic heterocycles. The first-order valence-corrected chi connectivity index (χ1v) is 11.1. The largest absolute Gasteiger partial charge is 0.274 e. The molecule has 2 aliphatic rings. The maximum absolute atomic E-state index is 13.5. The Bertz CT molecular complexity index is 1240. The SMILES string of the molecule is C/C=C/c1cc2c3c(c(C)cc4c3c1C(=O)N(CC(C)C)C4=O)C(=O)N(CC(C)C)C2=O. The number of rotatable bonds is 5. The van der Waals surface area contributed by atoms with Gasteiger partial charge in [0, 0.05) is 35.0 Å². The summed E-state index contributed by atoms with van der Waals surface area (Å²) >= 11 is 0. The predicted molar refractivity (Wildman–Crippen MR) is 124 cm³/mol. The van der Waals surface area contributed by atoms with Crippen LogP contribution in [0.15, 0.2) is 18.2 Å². The number of amides is 4. The summed E-state index contributed by atoms with van der Waals surface area (Å²) in [5, 5.41) is 0.862. The van der Waals surface area contributed by atoms with Crippen LogP contribution in [-0.4, -0.2) is 46.5 Å². The van der Waals surface area contributed by atoms with E-state index in [4.69, 9.17) is 0 Å². The Morgan fingerprint density at radius 1 is 0.750 bits per heavy atom. The molecule has 2 heterocycles. The van der Waals surface area contributed by atoms with Crippen molar-refractivity contribution in [3.05, 3.63) is 51.6 Å². The molecule has 0 atom stereocenters. The van der Waals surface area contributed by atoms with Crippen molar-refractivity contribution in [2.45, 2.75) is 41.5 Å². The Kier molecular flexibility index (Phi) is 5.27. The van der Waals surface area contributed by atoms with Gasteiger partial charge in [-0.25, -0.2) is 0 Å². The smallest absolute Gasteiger partial charge is 0.262 e. The van der Waals surface area contributed by atoms with Gasteiger partial charge in [-0.2, -0.15) is 0 Å². The summed E-state index contributed by atoms with van der Waals surface area (Å²) in [7, 11) is 0. The number of carbonyl (C=O) groups excluding carboxylic acids is 4. The molecule has 4 rings (SSSR count). The van der Waals surface area contributed by atoms with E-state index < -0.39 is 0 Å². The van der Waals surface area contributed by atoms with Crippen molar-refractivity contribution in [1.82, 2.24) is 9.80 Å². The zero-order chi connectivity index (χ0) is 23.5. The molecule has 0 unspecified atom stereocenters. The molecule has 0 radical (unpaired) electrons. The van der Waals surface area contributed by atoms with Gasteiger partial charge in [0.25, 0.3) is 23.6 Å². The van der Waals surface area contributed by atoms with Crippen molar-refractivity contribution < 1.29 is 19.2 Å². The monoisotopic (exact) mass is 432 g/mol. The van der Waals surface area contributed by atoms with Crippen molar-refractivity contribution in [1.29, 1.82) is 0 Å². The van der Waals surface area contributed by atoms with Gasteiger partial charge in [0.1, 0.15) is 0 Å². The minimum Gasteiger partial charge on any atom is -0.274 e. The van der Waals surface area contributed by atoms with Gasteiger partial charge in [0.2, 0.25) is 0 Å². The molecule has 2 aliphatic heterocycles. The second-order valence-electron chi connectivity index (χ2n) is 9.48. The molecule has 166 valence electrons. The first-order valence-electron chi connectivity index (χ1n) is 11.1. The molecule has 0 fully saturated rings. The lowest BCUT2D eigenvalue weighted by atomic mass is 9.81. The molecule has 32 heavy (non-hydrogen) atoms. The van der Waals surface area contributed by atoms with E-state index >= 15 is 0 Å². The summed E-state index contributed by atoms with van der Waals surface area (Å²) < 4.78 is 0. The molecular weight excluding hydrogens is 404 g/mol. The van der Waals surface area contributed by atoms with E-state index in [1.54, 1.807) is 31.2 Å². The van der Waals surface area contributed by atoms with Crippen molar-refractivity contribution in [3.8, 4) is 0 Å². The Labute approximate surface area is 187 Å². The summed E-state index contributed by atoms with van der Waals surface area (Å²) in [5.74, 6) is -1.28. The van der Waals surface area contributed by atoms with Crippen LogP contribution in [0.1, 0.15) is 87.2 Å². The minimum atomic E-state index is -0.380. The van der Waals surface area contributed by atoms with Gasteiger partial charge < -0.3 is 0 Å². The minimum absolute atomic E-state index is 0.108. The number of hydrogen-bond acceptors (Lipinski definition) is 4. The Balaban J connectivity index is 2.12. The zero-order valence-electron chi connectivity index (χ0n) is 19.4. The molecule has 6 nitrogen and oxygen atoms in total. The van der Waals surface area contributed by atoms with Crippen LogP contribution in [0.4, 0.5) is 0 Å². The second kappa shape index (κ2) is 7.69. The van der Waals surface area contributed by atoms with E-state index in [1.165, 1.54) is 9.80 Å². The molecule has 0 saturated carbocycles. The number of benzene rings is 2. The maximum Gasteiger partial charge on any atom is 0.262 e. The normalized spacial score (nSPS) is 16.0. The summed E-state index contributed by atoms with van der Waals surface area (Å²) in [6.07, 6.45) is 3.59. The van der Waals surface area contributed by atoms with E-state index in [9.17, 15) is 19.2 Å². The van der Waals surface area contributed by atoms with E-state index in [1.807, 2.05) is 34.6 Å². The van der Waals surface area contributed by atoms with E-state index in [-0.39, 0.29) is 35.5 Å². The number of carbonyl (C=O) groups is 4. The topological polar surface area (TPSA) is 74.8 Å². The molecule has 0 N–H and O–H groups in total. The maximum atomic E-state index is 13.5. The number of aryl methyl sites for hydroxylation is 1. The van der Waals surface area contributed by atoms with Gasteiger partial charge in [-0.1, -0.05) is 39.8 Å². The Hall–Kier alpha value is -3.28. The van der Waals surface area contributed by atoms with Crippen molar-refractivity contribution in [2.75, 3.05) is 13.1 Å². The van der Waals surface area contributed by atoms with Crippen LogP contribution in [0.25, 0.3) is 16.8 Å². The molecule has 4 amide bonds. The van der Waals surface area contributed by atoms with Crippen LogP contribution in [0, 0.1) is 18.8 Å². The lowest BCUT2D eigenvalue weighted by Gasteiger charge is -2.34. The highest BCUT2D eigenvalue weighted by Gasteiger charge is 2.41. The van der Waals surface area contributed by atoms with Crippen LogP contribution in [-0.2, 0) is 0 Å². The third-order valence-corrected chi connectivity index (χ3v) is 5.94. The quantitative estimate of drug-likeness (QED) is 0.643. The fourth-order valence-electron chi connectivity index (χ4n) is 4.75. The third kappa shape index (κ3) is 3.08. The lowest BCUT2D eigenvalue weighted by molar-refractivity contribution is 0.0570.